The van der Waals surface area contributed by atoms with Crippen molar-refractivity contribution in [3.8, 4) is 5.75 Å². The van der Waals surface area contributed by atoms with Gasteiger partial charge < -0.3 is 21.0 Å². The summed E-state index contributed by atoms with van der Waals surface area (Å²) in [5, 5.41) is 14.5. The molecule has 5 nitrogen and oxygen atoms in total. The summed E-state index contributed by atoms with van der Waals surface area (Å²) in [7, 11) is 0. The second kappa shape index (κ2) is 7.55. The van der Waals surface area contributed by atoms with Gasteiger partial charge in [-0.05, 0) is 26.0 Å². The van der Waals surface area contributed by atoms with Gasteiger partial charge in [0, 0.05) is 19.0 Å². The van der Waals surface area contributed by atoms with Crippen LogP contribution in [0, 0.1) is 6.92 Å². The first-order valence-corrected chi connectivity index (χ1v) is 6.01. The second-order valence-electron chi connectivity index (χ2n) is 4.32. The van der Waals surface area contributed by atoms with Crippen molar-refractivity contribution in [2.24, 2.45) is 10.9 Å². The predicted octanol–water partition coefficient (Wildman–Crippen LogP) is 1.49. The van der Waals surface area contributed by atoms with E-state index < -0.39 is 0 Å². The Labute approximate surface area is 108 Å². The van der Waals surface area contributed by atoms with E-state index >= 15 is 0 Å². The molecular formula is C13H21N3O2. The molecule has 0 radical (unpaired) electrons. The highest BCUT2D eigenvalue weighted by molar-refractivity contribution is 5.79. The van der Waals surface area contributed by atoms with E-state index in [0.717, 1.165) is 5.75 Å². The maximum atomic E-state index is 8.38. The van der Waals surface area contributed by atoms with E-state index in [9.17, 15) is 0 Å². The van der Waals surface area contributed by atoms with Crippen LogP contribution >= 0.6 is 0 Å². The molecule has 0 fully saturated rings. The molecule has 18 heavy (non-hydrogen) atoms. The Morgan fingerprint density at radius 3 is 2.72 bits per heavy atom. The van der Waals surface area contributed by atoms with Gasteiger partial charge >= 0.3 is 0 Å². The number of benzene rings is 1. The zero-order chi connectivity index (χ0) is 13.4. The molecule has 100 valence electrons. The van der Waals surface area contributed by atoms with Crippen LogP contribution in [0.1, 0.15) is 18.9 Å². The molecule has 0 aliphatic carbocycles. The van der Waals surface area contributed by atoms with Gasteiger partial charge in [-0.2, -0.15) is 0 Å². The van der Waals surface area contributed by atoms with Gasteiger partial charge in [-0.25, -0.2) is 0 Å². The summed E-state index contributed by atoms with van der Waals surface area (Å²) < 4.78 is 5.63. The van der Waals surface area contributed by atoms with E-state index in [1.807, 2.05) is 38.1 Å². The fraction of sp³-hybridized carbons (Fsp3) is 0.462. The normalized spacial score (nSPS) is 13.3. The van der Waals surface area contributed by atoms with Crippen molar-refractivity contribution in [1.82, 2.24) is 5.32 Å². The van der Waals surface area contributed by atoms with Crippen molar-refractivity contribution >= 4 is 5.84 Å². The van der Waals surface area contributed by atoms with Crippen LogP contribution in [0.3, 0.4) is 0 Å². The Balaban J connectivity index is 2.20. The summed E-state index contributed by atoms with van der Waals surface area (Å²) in [6.07, 6.45) is 0.519. The SMILES string of the molecule is Cc1ccc(OCC(C)NCC/C(N)=N/O)cc1. The number of hydrogen-bond acceptors (Lipinski definition) is 4. The van der Waals surface area contributed by atoms with E-state index in [1.165, 1.54) is 5.56 Å². The molecule has 1 rings (SSSR count). The molecule has 1 aromatic rings. The fourth-order valence-electron chi connectivity index (χ4n) is 1.41. The molecule has 0 spiro atoms. The van der Waals surface area contributed by atoms with Gasteiger partial charge in [0.1, 0.15) is 18.2 Å². The molecule has 0 saturated carbocycles. The molecular weight excluding hydrogens is 230 g/mol. The Bertz CT molecular complexity index is 376. The minimum absolute atomic E-state index is 0.206. The zero-order valence-electron chi connectivity index (χ0n) is 10.9. The minimum Gasteiger partial charge on any atom is -0.492 e. The Kier molecular flexibility index (Phi) is 6.00. The zero-order valence-corrected chi connectivity index (χ0v) is 10.9. The number of nitrogens with one attached hydrogen (secondary N) is 1. The van der Waals surface area contributed by atoms with Crippen LogP contribution in [0.4, 0.5) is 0 Å². The highest BCUT2D eigenvalue weighted by Crippen LogP contribution is 2.11. The van der Waals surface area contributed by atoms with Crippen LogP contribution in [-0.2, 0) is 0 Å². The van der Waals surface area contributed by atoms with Crippen LogP contribution < -0.4 is 15.8 Å². The topological polar surface area (TPSA) is 79.9 Å². The van der Waals surface area contributed by atoms with Crippen molar-refractivity contribution in [2.45, 2.75) is 26.3 Å². The van der Waals surface area contributed by atoms with Crippen molar-refractivity contribution in [2.75, 3.05) is 13.2 Å². The van der Waals surface area contributed by atoms with Gasteiger partial charge in [0.25, 0.3) is 0 Å². The first-order valence-electron chi connectivity index (χ1n) is 6.01. The number of hydrogen-bond donors (Lipinski definition) is 3. The van der Waals surface area contributed by atoms with Crippen LogP contribution in [0.5, 0.6) is 5.75 Å². The number of oxime groups is 1. The molecule has 0 saturated heterocycles. The monoisotopic (exact) mass is 251 g/mol. The summed E-state index contributed by atoms with van der Waals surface area (Å²) in [5.41, 5.74) is 6.58. The van der Waals surface area contributed by atoms with Crippen LogP contribution in [0.2, 0.25) is 0 Å². The van der Waals surface area contributed by atoms with Crippen molar-refractivity contribution in [3.05, 3.63) is 29.8 Å². The quantitative estimate of drug-likeness (QED) is 0.297. The summed E-state index contributed by atoms with van der Waals surface area (Å²) in [5.74, 6) is 1.10. The lowest BCUT2D eigenvalue weighted by Gasteiger charge is -2.14. The minimum atomic E-state index is 0.206. The van der Waals surface area contributed by atoms with E-state index in [1.54, 1.807) is 0 Å². The Hall–Kier alpha value is -1.75. The lowest BCUT2D eigenvalue weighted by atomic mass is 10.2. The standard InChI is InChI=1S/C13H21N3O2/c1-10-3-5-12(6-4-10)18-9-11(2)15-8-7-13(14)16-17/h3-6,11,15,17H,7-9H2,1-2H3,(H2,14,16). The predicted molar refractivity (Wildman–Crippen MR) is 72.2 cm³/mol. The Morgan fingerprint density at radius 2 is 2.11 bits per heavy atom. The fourth-order valence-corrected chi connectivity index (χ4v) is 1.41. The molecule has 1 aromatic carbocycles. The summed E-state index contributed by atoms with van der Waals surface area (Å²) in [6.45, 7) is 5.31. The maximum Gasteiger partial charge on any atom is 0.140 e. The van der Waals surface area contributed by atoms with Gasteiger partial charge in [-0.3, -0.25) is 0 Å². The highest BCUT2D eigenvalue weighted by Gasteiger charge is 2.03. The number of nitrogens with two attached hydrogens (primary N) is 1. The number of ether oxygens (including phenoxy) is 1. The molecule has 0 aliphatic heterocycles. The first kappa shape index (κ1) is 14.3. The molecule has 0 heterocycles. The summed E-state index contributed by atoms with van der Waals surface area (Å²) in [6, 6.07) is 8.16. The number of rotatable bonds is 7. The van der Waals surface area contributed by atoms with E-state index in [0.29, 0.717) is 19.6 Å². The maximum absolute atomic E-state index is 8.38. The highest BCUT2D eigenvalue weighted by atomic mass is 16.5. The van der Waals surface area contributed by atoms with Gasteiger partial charge in [-0.1, -0.05) is 22.9 Å². The van der Waals surface area contributed by atoms with E-state index in [2.05, 4.69) is 10.5 Å². The molecule has 4 N–H and O–H groups in total. The van der Waals surface area contributed by atoms with Crippen LogP contribution in [-0.4, -0.2) is 30.2 Å². The molecule has 1 unspecified atom stereocenters. The van der Waals surface area contributed by atoms with Crippen LogP contribution in [0.25, 0.3) is 0 Å². The largest absolute Gasteiger partial charge is 0.492 e. The smallest absolute Gasteiger partial charge is 0.140 e. The van der Waals surface area contributed by atoms with Gasteiger partial charge in [0.15, 0.2) is 0 Å². The van der Waals surface area contributed by atoms with E-state index in [-0.39, 0.29) is 11.9 Å². The van der Waals surface area contributed by atoms with Gasteiger partial charge in [-0.15, -0.1) is 0 Å². The average molecular weight is 251 g/mol. The molecule has 0 bridgehead atoms. The van der Waals surface area contributed by atoms with E-state index in [4.69, 9.17) is 15.7 Å². The lowest BCUT2D eigenvalue weighted by Crippen LogP contribution is -2.34. The third-order valence-corrected chi connectivity index (χ3v) is 2.52. The average Bonchev–Trinajstić information content (AvgIpc) is 2.38. The summed E-state index contributed by atoms with van der Waals surface area (Å²) >= 11 is 0. The summed E-state index contributed by atoms with van der Waals surface area (Å²) in [4.78, 5) is 0. The number of nitrogens with zero attached hydrogens (tertiary/aromatic N) is 1. The molecule has 0 amide bonds. The first-order chi connectivity index (χ1) is 8.61. The van der Waals surface area contributed by atoms with Crippen molar-refractivity contribution in [3.63, 3.8) is 0 Å². The number of aryl methyl sites for hydroxylation is 1. The van der Waals surface area contributed by atoms with Crippen molar-refractivity contribution < 1.29 is 9.94 Å². The molecule has 0 aromatic heterocycles. The van der Waals surface area contributed by atoms with Gasteiger partial charge in [0.2, 0.25) is 0 Å². The molecule has 0 aliphatic rings. The van der Waals surface area contributed by atoms with Gasteiger partial charge in [0.05, 0.1) is 0 Å². The Morgan fingerprint density at radius 1 is 1.44 bits per heavy atom. The third-order valence-electron chi connectivity index (χ3n) is 2.52. The molecule has 1 atom stereocenters. The third kappa shape index (κ3) is 5.54. The molecule has 5 heteroatoms. The number of amidine groups is 1. The second-order valence-corrected chi connectivity index (χ2v) is 4.32. The van der Waals surface area contributed by atoms with Crippen molar-refractivity contribution in [1.29, 1.82) is 0 Å². The lowest BCUT2D eigenvalue weighted by molar-refractivity contribution is 0.274. The van der Waals surface area contributed by atoms with Crippen LogP contribution in [0.15, 0.2) is 29.4 Å².